The van der Waals surface area contributed by atoms with Gasteiger partial charge in [-0.1, -0.05) is 13.8 Å². The minimum Gasteiger partial charge on any atom is -0.332 e. The fourth-order valence-corrected chi connectivity index (χ4v) is 2.09. The third kappa shape index (κ3) is 2.61. The van der Waals surface area contributed by atoms with Crippen LogP contribution in [0.2, 0.25) is 0 Å². The largest absolute Gasteiger partial charge is 0.332 e. The molecule has 1 unspecified atom stereocenters. The van der Waals surface area contributed by atoms with E-state index < -0.39 is 0 Å². The summed E-state index contributed by atoms with van der Waals surface area (Å²) in [4.78, 5) is 4.29. The van der Waals surface area contributed by atoms with Crippen molar-refractivity contribution in [2.24, 2.45) is 5.92 Å². The molecular weight excluding hydrogens is 184 g/mol. The molecule has 0 aromatic carbocycles. The van der Waals surface area contributed by atoms with E-state index in [0.717, 1.165) is 11.8 Å². The van der Waals surface area contributed by atoms with Crippen molar-refractivity contribution in [2.45, 2.75) is 58.4 Å². The molecule has 1 aromatic heterocycles. The quantitative estimate of drug-likeness (QED) is 0.717. The first-order valence-corrected chi connectivity index (χ1v) is 6.20. The predicted molar refractivity (Wildman–Crippen MR) is 63.0 cm³/mol. The first kappa shape index (κ1) is 10.7. The standard InChI is InChI=1S/C13H22N2/c1-10(2)4-5-11(3)15-9-14-8-13(15)12-6-7-12/h8-12H,4-7H2,1-3H3. The summed E-state index contributed by atoms with van der Waals surface area (Å²) in [6.07, 6.45) is 9.38. The first-order valence-electron chi connectivity index (χ1n) is 6.20. The average Bonchev–Trinajstić information content (AvgIpc) is 2.93. The summed E-state index contributed by atoms with van der Waals surface area (Å²) in [6, 6.07) is 0.616. The first-order chi connectivity index (χ1) is 7.18. The fraction of sp³-hybridized carbons (Fsp3) is 0.769. The van der Waals surface area contributed by atoms with Crippen LogP contribution in [0.15, 0.2) is 12.5 Å². The van der Waals surface area contributed by atoms with Gasteiger partial charge in [0.1, 0.15) is 0 Å². The number of hydrogen-bond donors (Lipinski definition) is 0. The lowest BCUT2D eigenvalue weighted by molar-refractivity contribution is 0.431. The number of rotatable bonds is 5. The van der Waals surface area contributed by atoms with Gasteiger partial charge >= 0.3 is 0 Å². The van der Waals surface area contributed by atoms with Crippen LogP contribution in [0.1, 0.15) is 64.1 Å². The molecule has 1 aliphatic rings. The summed E-state index contributed by atoms with van der Waals surface area (Å²) >= 11 is 0. The highest BCUT2D eigenvalue weighted by molar-refractivity contribution is 5.13. The van der Waals surface area contributed by atoms with Crippen LogP contribution >= 0.6 is 0 Å². The normalized spacial score (nSPS) is 18.4. The fourth-order valence-electron chi connectivity index (χ4n) is 2.09. The van der Waals surface area contributed by atoms with E-state index in [-0.39, 0.29) is 0 Å². The smallest absolute Gasteiger partial charge is 0.0950 e. The molecule has 15 heavy (non-hydrogen) atoms. The minimum absolute atomic E-state index is 0.616. The van der Waals surface area contributed by atoms with Gasteiger partial charge in [0.25, 0.3) is 0 Å². The molecule has 1 atom stereocenters. The highest BCUT2D eigenvalue weighted by Crippen LogP contribution is 2.40. The maximum absolute atomic E-state index is 4.29. The van der Waals surface area contributed by atoms with Crippen LogP contribution in [-0.2, 0) is 0 Å². The molecule has 2 heteroatoms. The highest BCUT2D eigenvalue weighted by Gasteiger charge is 2.27. The molecule has 1 heterocycles. The lowest BCUT2D eigenvalue weighted by Crippen LogP contribution is -2.08. The third-order valence-corrected chi connectivity index (χ3v) is 3.33. The molecule has 1 fully saturated rings. The number of nitrogens with zero attached hydrogens (tertiary/aromatic N) is 2. The maximum Gasteiger partial charge on any atom is 0.0950 e. The Morgan fingerprint density at radius 1 is 1.33 bits per heavy atom. The van der Waals surface area contributed by atoms with Gasteiger partial charge in [0, 0.05) is 23.9 Å². The molecule has 2 rings (SSSR count). The molecule has 0 amide bonds. The van der Waals surface area contributed by atoms with Gasteiger partial charge in [-0.2, -0.15) is 0 Å². The van der Waals surface area contributed by atoms with E-state index in [0.29, 0.717) is 6.04 Å². The zero-order valence-corrected chi connectivity index (χ0v) is 10.1. The number of imidazole rings is 1. The monoisotopic (exact) mass is 206 g/mol. The van der Waals surface area contributed by atoms with Gasteiger partial charge in [-0.3, -0.25) is 0 Å². The summed E-state index contributed by atoms with van der Waals surface area (Å²) in [5.41, 5.74) is 1.46. The molecule has 2 nitrogen and oxygen atoms in total. The molecule has 0 aliphatic heterocycles. The van der Waals surface area contributed by atoms with E-state index in [1.165, 1.54) is 31.4 Å². The van der Waals surface area contributed by atoms with E-state index in [1.807, 2.05) is 6.33 Å². The summed E-state index contributed by atoms with van der Waals surface area (Å²) in [5.74, 6) is 1.62. The summed E-state index contributed by atoms with van der Waals surface area (Å²) in [5, 5.41) is 0. The van der Waals surface area contributed by atoms with Crippen molar-refractivity contribution >= 4 is 0 Å². The number of hydrogen-bond acceptors (Lipinski definition) is 1. The van der Waals surface area contributed by atoms with Crippen molar-refractivity contribution in [1.82, 2.24) is 9.55 Å². The van der Waals surface area contributed by atoms with E-state index in [2.05, 4.69) is 36.5 Å². The SMILES string of the molecule is CC(C)CCC(C)n1cncc1C1CC1. The van der Waals surface area contributed by atoms with Gasteiger partial charge < -0.3 is 4.57 Å². The molecule has 1 aromatic rings. The molecule has 0 spiro atoms. The summed E-state index contributed by atoms with van der Waals surface area (Å²) in [6.45, 7) is 6.90. The van der Waals surface area contributed by atoms with Crippen molar-refractivity contribution in [3.05, 3.63) is 18.2 Å². The van der Waals surface area contributed by atoms with Crippen molar-refractivity contribution in [3.63, 3.8) is 0 Å². The van der Waals surface area contributed by atoms with Crippen LogP contribution in [0.4, 0.5) is 0 Å². The van der Waals surface area contributed by atoms with Crippen LogP contribution in [0.5, 0.6) is 0 Å². The molecule has 84 valence electrons. The van der Waals surface area contributed by atoms with Crippen LogP contribution < -0.4 is 0 Å². The maximum atomic E-state index is 4.29. The zero-order valence-electron chi connectivity index (χ0n) is 10.1. The van der Waals surface area contributed by atoms with Gasteiger partial charge in [0.05, 0.1) is 6.33 Å². The van der Waals surface area contributed by atoms with Crippen molar-refractivity contribution in [2.75, 3.05) is 0 Å². The topological polar surface area (TPSA) is 17.8 Å². The van der Waals surface area contributed by atoms with Gasteiger partial charge in [0.2, 0.25) is 0 Å². The second-order valence-corrected chi connectivity index (χ2v) is 5.32. The van der Waals surface area contributed by atoms with E-state index in [1.54, 1.807) is 0 Å². The van der Waals surface area contributed by atoms with Crippen molar-refractivity contribution in [3.8, 4) is 0 Å². The lowest BCUT2D eigenvalue weighted by Gasteiger charge is -2.17. The van der Waals surface area contributed by atoms with Crippen LogP contribution in [0, 0.1) is 5.92 Å². The summed E-state index contributed by atoms with van der Waals surface area (Å²) < 4.78 is 2.39. The predicted octanol–water partition coefficient (Wildman–Crippen LogP) is 3.76. The van der Waals surface area contributed by atoms with Crippen molar-refractivity contribution < 1.29 is 0 Å². The molecule has 0 bridgehead atoms. The van der Waals surface area contributed by atoms with Crippen molar-refractivity contribution in [1.29, 1.82) is 0 Å². The Balaban J connectivity index is 1.98. The third-order valence-electron chi connectivity index (χ3n) is 3.33. The zero-order chi connectivity index (χ0) is 10.8. The van der Waals surface area contributed by atoms with Gasteiger partial charge in [-0.15, -0.1) is 0 Å². The Labute approximate surface area is 92.7 Å². The summed E-state index contributed by atoms with van der Waals surface area (Å²) in [7, 11) is 0. The van der Waals surface area contributed by atoms with Crippen LogP contribution in [-0.4, -0.2) is 9.55 Å². The van der Waals surface area contributed by atoms with E-state index >= 15 is 0 Å². The Kier molecular flexibility index (Phi) is 3.13. The second-order valence-electron chi connectivity index (χ2n) is 5.32. The Morgan fingerprint density at radius 3 is 2.67 bits per heavy atom. The Hall–Kier alpha value is -0.790. The van der Waals surface area contributed by atoms with Crippen LogP contribution in [0.3, 0.4) is 0 Å². The molecule has 1 aliphatic carbocycles. The highest BCUT2D eigenvalue weighted by atomic mass is 15.1. The molecular formula is C13H22N2. The van der Waals surface area contributed by atoms with Gasteiger partial charge in [-0.25, -0.2) is 4.98 Å². The molecule has 0 saturated heterocycles. The Morgan fingerprint density at radius 2 is 2.07 bits per heavy atom. The molecule has 0 N–H and O–H groups in total. The Bertz CT molecular complexity index is 310. The van der Waals surface area contributed by atoms with Gasteiger partial charge in [-0.05, 0) is 38.5 Å². The molecule has 1 saturated carbocycles. The minimum atomic E-state index is 0.616. The lowest BCUT2D eigenvalue weighted by atomic mass is 10.0. The number of aromatic nitrogens is 2. The second kappa shape index (κ2) is 4.38. The average molecular weight is 206 g/mol. The van der Waals surface area contributed by atoms with E-state index in [9.17, 15) is 0 Å². The van der Waals surface area contributed by atoms with Gasteiger partial charge in [0.15, 0.2) is 0 Å². The van der Waals surface area contributed by atoms with E-state index in [4.69, 9.17) is 0 Å². The molecule has 0 radical (unpaired) electrons. The van der Waals surface area contributed by atoms with Crippen LogP contribution in [0.25, 0.3) is 0 Å².